The van der Waals surface area contributed by atoms with E-state index in [1.165, 1.54) is 14.2 Å². The van der Waals surface area contributed by atoms with E-state index in [4.69, 9.17) is 26.8 Å². The molecule has 0 saturated carbocycles. The molecular weight excluding hydrogens is 244 g/mol. The molecule has 3 N–H and O–H groups in total. The number of primary amides is 1. The largest absolute Gasteiger partial charge is 0.495 e. The third kappa shape index (κ3) is 3.17. The summed E-state index contributed by atoms with van der Waals surface area (Å²) in [7, 11) is 3.03. The summed E-state index contributed by atoms with van der Waals surface area (Å²) < 4.78 is 10.2. The van der Waals surface area contributed by atoms with Gasteiger partial charge in [0, 0.05) is 6.07 Å². The first kappa shape index (κ1) is 13.4. The van der Waals surface area contributed by atoms with Crippen molar-refractivity contribution in [3.05, 3.63) is 17.2 Å². The Bertz CT molecular complexity index is 423. The van der Waals surface area contributed by atoms with Crippen LogP contribution in [-0.4, -0.2) is 26.2 Å². The number of amides is 1. The molecule has 5 nitrogen and oxygen atoms in total. The number of nitrogens with two attached hydrogens (primary N) is 1. The van der Waals surface area contributed by atoms with Crippen molar-refractivity contribution in [2.24, 2.45) is 5.73 Å². The van der Waals surface area contributed by atoms with Gasteiger partial charge in [0.1, 0.15) is 17.5 Å². The van der Waals surface area contributed by atoms with E-state index in [0.717, 1.165) is 0 Å². The molecule has 1 aromatic carbocycles. The monoisotopic (exact) mass is 258 g/mol. The van der Waals surface area contributed by atoms with Crippen molar-refractivity contribution in [3.8, 4) is 11.5 Å². The lowest BCUT2D eigenvalue weighted by Gasteiger charge is -2.16. The first-order valence-corrected chi connectivity index (χ1v) is 5.34. The number of anilines is 1. The second-order valence-corrected chi connectivity index (χ2v) is 3.86. The van der Waals surface area contributed by atoms with E-state index in [0.29, 0.717) is 22.2 Å². The molecule has 0 bridgehead atoms. The summed E-state index contributed by atoms with van der Waals surface area (Å²) in [5.74, 6) is 0.569. The van der Waals surface area contributed by atoms with Crippen molar-refractivity contribution in [1.82, 2.24) is 0 Å². The molecule has 0 heterocycles. The van der Waals surface area contributed by atoms with E-state index in [1.807, 2.05) is 0 Å². The van der Waals surface area contributed by atoms with Crippen LogP contribution in [0.5, 0.6) is 11.5 Å². The predicted octanol–water partition coefficient (Wildman–Crippen LogP) is 1.64. The molecule has 0 aliphatic rings. The van der Waals surface area contributed by atoms with Gasteiger partial charge < -0.3 is 20.5 Å². The van der Waals surface area contributed by atoms with Gasteiger partial charge in [-0.25, -0.2) is 0 Å². The smallest absolute Gasteiger partial charge is 0.239 e. The molecule has 0 spiro atoms. The highest BCUT2D eigenvalue weighted by atomic mass is 35.5. The number of ether oxygens (including phenoxy) is 2. The second-order valence-electron chi connectivity index (χ2n) is 3.46. The third-order valence-electron chi connectivity index (χ3n) is 2.27. The molecule has 0 aliphatic carbocycles. The van der Waals surface area contributed by atoms with Gasteiger partial charge in [0.25, 0.3) is 0 Å². The molecular formula is C11H15ClN2O3. The van der Waals surface area contributed by atoms with Gasteiger partial charge >= 0.3 is 0 Å². The minimum Gasteiger partial charge on any atom is -0.495 e. The lowest BCUT2D eigenvalue weighted by Crippen LogP contribution is -2.32. The quantitative estimate of drug-likeness (QED) is 0.842. The fourth-order valence-electron chi connectivity index (χ4n) is 1.28. The average Bonchev–Trinajstić information content (AvgIpc) is 2.29. The third-order valence-corrected chi connectivity index (χ3v) is 2.57. The van der Waals surface area contributed by atoms with Gasteiger partial charge in [-0.3, -0.25) is 4.79 Å². The predicted molar refractivity (Wildman–Crippen MR) is 66.8 cm³/mol. The molecule has 0 aromatic heterocycles. The van der Waals surface area contributed by atoms with E-state index < -0.39 is 11.9 Å². The molecule has 0 radical (unpaired) electrons. The Labute approximate surface area is 105 Å². The number of hydrogen-bond donors (Lipinski definition) is 2. The highest BCUT2D eigenvalue weighted by Crippen LogP contribution is 2.36. The standard InChI is InChI=1S/C11H15ClN2O3/c1-6(11(13)15)14-8-4-7(12)9(16-2)5-10(8)17-3/h4-6,14H,1-3H3,(H2,13,15)/t6-/m1/s1. The maximum atomic E-state index is 11.0. The van der Waals surface area contributed by atoms with E-state index in [9.17, 15) is 4.79 Å². The molecule has 6 heteroatoms. The van der Waals surface area contributed by atoms with Gasteiger partial charge in [0.2, 0.25) is 5.91 Å². The van der Waals surface area contributed by atoms with E-state index >= 15 is 0 Å². The number of rotatable bonds is 5. The molecule has 0 saturated heterocycles. The number of nitrogens with one attached hydrogen (secondary N) is 1. The van der Waals surface area contributed by atoms with E-state index in [-0.39, 0.29) is 0 Å². The van der Waals surface area contributed by atoms with Crippen molar-refractivity contribution < 1.29 is 14.3 Å². The van der Waals surface area contributed by atoms with Crippen LogP contribution < -0.4 is 20.5 Å². The fourth-order valence-corrected chi connectivity index (χ4v) is 1.52. The molecule has 1 amide bonds. The molecule has 1 aromatic rings. The van der Waals surface area contributed by atoms with Crippen LogP contribution >= 0.6 is 11.6 Å². The number of hydrogen-bond acceptors (Lipinski definition) is 4. The second kappa shape index (κ2) is 5.63. The first-order chi connectivity index (χ1) is 7.99. The molecule has 1 atom stereocenters. The Morgan fingerprint density at radius 3 is 2.41 bits per heavy atom. The van der Waals surface area contributed by atoms with Gasteiger partial charge in [-0.1, -0.05) is 11.6 Å². The molecule has 0 unspecified atom stereocenters. The lowest BCUT2D eigenvalue weighted by atomic mass is 10.2. The Hall–Kier alpha value is -1.62. The summed E-state index contributed by atoms with van der Waals surface area (Å²) in [6.45, 7) is 1.65. The summed E-state index contributed by atoms with van der Waals surface area (Å²) in [5.41, 5.74) is 5.76. The summed E-state index contributed by atoms with van der Waals surface area (Å²) in [6.07, 6.45) is 0. The highest BCUT2D eigenvalue weighted by Gasteiger charge is 2.14. The van der Waals surface area contributed by atoms with Crippen LogP contribution in [-0.2, 0) is 4.79 Å². The van der Waals surface area contributed by atoms with E-state index in [1.54, 1.807) is 19.1 Å². The van der Waals surface area contributed by atoms with E-state index in [2.05, 4.69) is 5.32 Å². The number of carbonyl (C=O) groups excluding carboxylic acids is 1. The zero-order valence-corrected chi connectivity index (χ0v) is 10.7. The number of methoxy groups -OCH3 is 2. The summed E-state index contributed by atoms with van der Waals surface area (Å²) in [5, 5.41) is 3.34. The van der Waals surface area contributed by atoms with Crippen LogP contribution in [0, 0.1) is 0 Å². The van der Waals surface area contributed by atoms with Crippen LogP contribution in [0.1, 0.15) is 6.92 Å². The molecule has 0 fully saturated rings. The average molecular weight is 259 g/mol. The Kier molecular flexibility index (Phi) is 4.45. The minimum absolute atomic E-state index is 0.424. The van der Waals surface area contributed by atoms with Crippen LogP contribution in [0.4, 0.5) is 5.69 Å². The maximum Gasteiger partial charge on any atom is 0.239 e. The van der Waals surface area contributed by atoms with Crippen molar-refractivity contribution >= 4 is 23.2 Å². The van der Waals surface area contributed by atoms with Crippen LogP contribution in [0.15, 0.2) is 12.1 Å². The van der Waals surface area contributed by atoms with Crippen LogP contribution in [0.2, 0.25) is 5.02 Å². The lowest BCUT2D eigenvalue weighted by molar-refractivity contribution is -0.118. The molecule has 17 heavy (non-hydrogen) atoms. The Balaban J connectivity index is 3.06. The molecule has 0 aliphatic heterocycles. The van der Waals surface area contributed by atoms with Crippen molar-refractivity contribution in [3.63, 3.8) is 0 Å². The summed E-state index contributed by atoms with van der Waals surface area (Å²) in [6, 6.07) is 2.74. The molecule has 1 rings (SSSR count). The normalized spacial score (nSPS) is 11.8. The van der Waals surface area contributed by atoms with Gasteiger partial charge in [-0.05, 0) is 13.0 Å². The topological polar surface area (TPSA) is 73.6 Å². The number of halogens is 1. The Morgan fingerprint density at radius 1 is 1.35 bits per heavy atom. The fraction of sp³-hybridized carbons (Fsp3) is 0.364. The summed E-state index contributed by atoms with van der Waals surface area (Å²) >= 11 is 5.98. The van der Waals surface area contributed by atoms with Gasteiger partial charge in [-0.15, -0.1) is 0 Å². The SMILES string of the molecule is COc1cc(OC)c(N[C@H](C)C(N)=O)cc1Cl. The Morgan fingerprint density at radius 2 is 1.94 bits per heavy atom. The number of carbonyl (C=O) groups is 1. The molecule has 94 valence electrons. The van der Waals surface area contributed by atoms with Crippen molar-refractivity contribution in [2.75, 3.05) is 19.5 Å². The minimum atomic E-state index is -0.520. The van der Waals surface area contributed by atoms with Gasteiger partial charge in [0.15, 0.2) is 0 Å². The highest BCUT2D eigenvalue weighted by molar-refractivity contribution is 6.32. The van der Waals surface area contributed by atoms with Crippen molar-refractivity contribution in [1.29, 1.82) is 0 Å². The van der Waals surface area contributed by atoms with Crippen LogP contribution in [0.3, 0.4) is 0 Å². The van der Waals surface area contributed by atoms with Crippen LogP contribution in [0.25, 0.3) is 0 Å². The first-order valence-electron chi connectivity index (χ1n) is 4.97. The zero-order valence-electron chi connectivity index (χ0n) is 9.91. The van der Waals surface area contributed by atoms with Gasteiger partial charge in [0.05, 0.1) is 24.9 Å². The van der Waals surface area contributed by atoms with Crippen molar-refractivity contribution in [2.45, 2.75) is 13.0 Å². The maximum absolute atomic E-state index is 11.0. The number of benzene rings is 1. The summed E-state index contributed by atoms with van der Waals surface area (Å²) in [4.78, 5) is 11.0. The van der Waals surface area contributed by atoms with Gasteiger partial charge in [-0.2, -0.15) is 0 Å². The zero-order chi connectivity index (χ0) is 13.0.